The Bertz CT molecular complexity index is 738. The van der Waals surface area contributed by atoms with E-state index < -0.39 is 41.1 Å². The number of halogens is 1. The van der Waals surface area contributed by atoms with Crippen molar-refractivity contribution in [2.45, 2.75) is 31.8 Å². The van der Waals surface area contributed by atoms with E-state index in [9.17, 15) is 18.8 Å². The van der Waals surface area contributed by atoms with Crippen LogP contribution in [0, 0.1) is 17.7 Å². The first-order valence-corrected chi connectivity index (χ1v) is 8.38. The molecule has 0 unspecified atom stereocenters. The summed E-state index contributed by atoms with van der Waals surface area (Å²) in [6.45, 7) is 3.67. The monoisotopic (exact) mass is 348 g/mol. The molecule has 1 N–H and O–H groups in total. The van der Waals surface area contributed by atoms with Gasteiger partial charge in [-0.05, 0) is 19.4 Å². The van der Waals surface area contributed by atoms with Crippen molar-refractivity contribution in [3.8, 4) is 0 Å². The molecule has 0 aliphatic carbocycles. The number of imide groups is 1. The highest BCUT2D eigenvalue weighted by Gasteiger charge is 2.68. The average molecular weight is 348 g/mol. The van der Waals surface area contributed by atoms with Gasteiger partial charge in [-0.25, -0.2) is 4.39 Å². The second-order valence-corrected chi connectivity index (χ2v) is 6.38. The third kappa shape index (κ3) is 2.29. The lowest BCUT2D eigenvalue weighted by atomic mass is 9.78. The quantitative estimate of drug-likeness (QED) is 0.658. The fraction of sp³-hybridized carbons (Fsp3) is 0.500. The van der Waals surface area contributed by atoms with Gasteiger partial charge < -0.3 is 4.74 Å². The number of esters is 1. The Morgan fingerprint density at radius 1 is 1.28 bits per heavy atom. The van der Waals surface area contributed by atoms with Crippen molar-refractivity contribution in [2.24, 2.45) is 11.8 Å². The molecule has 0 saturated carbocycles. The van der Waals surface area contributed by atoms with Crippen LogP contribution in [0.2, 0.25) is 0 Å². The second-order valence-electron chi connectivity index (χ2n) is 6.38. The lowest BCUT2D eigenvalue weighted by Gasteiger charge is -2.31. The van der Waals surface area contributed by atoms with Crippen molar-refractivity contribution in [1.29, 1.82) is 0 Å². The number of hydrogen-bond acceptors (Lipinski definition) is 5. The molecule has 1 aromatic rings. The summed E-state index contributed by atoms with van der Waals surface area (Å²) in [7, 11) is 1.24. The number of fused-ring (bicyclic) bond motifs is 1. The van der Waals surface area contributed by atoms with Crippen LogP contribution in [-0.4, -0.2) is 41.9 Å². The Balaban J connectivity index is 2.17. The van der Waals surface area contributed by atoms with Gasteiger partial charge in [0.15, 0.2) is 0 Å². The summed E-state index contributed by atoms with van der Waals surface area (Å²) >= 11 is 0. The van der Waals surface area contributed by atoms with Crippen LogP contribution in [0.3, 0.4) is 0 Å². The van der Waals surface area contributed by atoms with E-state index in [1.165, 1.54) is 13.2 Å². The van der Waals surface area contributed by atoms with E-state index in [0.717, 1.165) is 4.90 Å². The number of hydrogen-bond donors (Lipinski definition) is 1. The summed E-state index contributed by atoms with van der Waals surface area (Å²) in [4.78, 5) is 39.4. The van der Waals surface area contributed by atoms with E-state index in [-0.39, 0.29) is 24.4 Å². The molecule has 25 heavy (non-hydrogen) atoms. The third-order valence-corrected chi connectivity index (χ3v) is 5.41. The maximum absolute atomic E-state index is 14.4. The van der Waals surface area contributed by atoms with Gasteiger partial charge in [0.05, 0.1) is 18.9 Å². The fourth-order valence-electron chi connectivity index (χ4n) is 4.21. The highest BCUT2D eigenvalue weighted by atomic mass is 19.1. The number of carbonyl (C=O) groups excluding carboxylic acids is 3. The molecule has 2 amide bonds. The molecule has 2 heterocycles. The Hall–Kier alpha value is -2.28. The fourth-order valence-corrected chi connectivity index (χ4v) is 4.21. The minimum Gasteiger partial charge on any atom is -0.468 e. The summed E-state index contributed by atoms with van der Waals surface area (Å²) < 4.78 is 19.3. The molecular weight excluding hydrogens is 327 g/mol. The molecule has 7 heteroatoms. The number of ether oxygens (including phenoxy) is 1. The molecule has 2 fully saturated rings. The van der Waals surface area contributed by atoms with Crippen LogP contribution in [0.25, 0.3) is 0 Å². The molecule has 6 nitrogen and oxygen atoms in total. The van der Waals surface area contributed by atoms with Crippen LogP contribution in [0.15, 0.2) is 24.3 Å². The molecule has 0 radical (unpaired) electrons. The largest absolute Gasteiger partial charge is 0.468 e. The summed E-state index contributed by atoms with van der Waals surface area (Å²) in [6.07, 6.45) is 0.252. The predicted molar refractivity (Wildman–Crippen MR) is 86.7 cm³/mol. The highest BCUT2D eigenvalue weighted by molar-refractivity contribution is 6.09. The number of likely N-dealkylation sites (tertiary alicyclic amines) is 1. The lowest BCUT2D eigenvalue weighted by Crippen LogP contribution is -2.55. The van der Waals surface area contributed by atoms with Gasteiger partial charge in [-0.15, -0.1) is 0 Å². The molecule has 2 saturated heterocycles. The third-order valence-electron chi connectivity index (χ3n) is 5.41. The molecule has 3 rings (SSSR count). The van der Waals surface area contributed by atoms with Crippen LogP contribution in [-0.2, 0) is 19.1 Å². The smallest absolute Gasteiger partial charge is 0.326 e. The van der Waals surface area contributed by atoms with Crippen LogP contribution in [0.4, 0.5) is 4.39 Å². The molecular formula is C18H21FN2O4. The molecule has 0 spiro atoms. The van der Waals surface area contributed by atoms with Crippen LogP contribution >= 0.6 is 0 Å². The van der Waals surface area contributed by atoms with E-state index in [0.29, 0.717) is 0 Å². The lowest BCUT2D eigenvalue weighted by molar-refractivity contribution is -0.154. The van der Waals surface area contributed by atoms with Crippen LogP contribution in [0.1, 0.15) is 31.9 Å². The van der Waals surface area contributed by atoms with E-state index in [1.807, 2.05) is 0 Å². The first-order chi connectivity index (χ1) is 11.9. The van der Waals surface area contributed by atoms with Crippen molar-refractivity contribution in [3.63, 3.8) is 0 Å². The van der Waals surface area contributed by atoms with Crippen molar-refractivity contribution in [1.82, 2.24) is 10.2 Å². The van der Waals surface area contributed by atoms with Gasteiger partial charge in [0.25, 0.3) is 0 Å². The van der Waals surface area contributed by atoms with Gasteiger partial charge in [0, 0.05) is 18.2 Å². The zero-order chi connectivity index (χ0) is 18.4. The maximum Gasteiger partial charge on any atom is 0.326 e. The van der Waals surface area contributed by atoms with Crippen molar-refractivity contribution in [3.05, 3.63) is 35.6 Å². The number of benzene rings is 1. The standard InChI is InChI=1S/C18H21FN2O4/c1-4-18(17(24)25-3)13-12(15(22)21(5-2)16(13)23)14(20-18)10-8-6-7-9-11(10)19/h6-9,12-14,20H,4-5H2,1-3H3/t12-,13+,14-,18+/m0/s1. The molecule has 134 valence electrons. The summed E-state index contributed by atoms with van der Waals surface area (Å²) in [5.41, 5.74) is -1.07. The predicted octanol–water partition coefficient (Wildman–Crippen LogP) is 1.41. The number of rotatable bonds is 4. The van der Waals surface area contributed by atoms with Gasteiger partial charge in [-0.3, -0.25) is 24.6 Å². The van der Waals surface area contributed by atoms with Crippen LogP contribution < -0.4 is 5.32 Å². The van der Waals surface area contributed by atoms with Gasteiger partial charge in [-0.1, -0.05) is 25.1 Å². The highest BCUT2D eigenvalue weighted by Crippen LogP contribution is 2.50. The zero-order valence-corrected chi connectivity index (χ0v) is 14.4. The number of carbonyl (C=O) groups is 3. The van der Waals surface area contributed by atoms with Gasteiger partial charge in [-0.2, -0.15) is 0 Å². The number of methoxy groups -OCH3 is 1. The number of nitrogens with one attached hydrogen (secondary N) is 1. The average Bonchev–Trinajstić information content (AvgIpc) is 3.09. The normalized spacial score (nSPS) is 31.4. The molecule has 1 aromatic carbocycles. The van der Waals surface area contributed by atoms with E-state index >= 15 is 0 Å². The minimum atomic E-state index is -1.34. The van der Waals surface area contributed by atoms with Gasteiger partial charge in [0.2, 0.25) is 11.8 Å². The molecule has 2 aliphatic rings. The van der Waals surface area contributed by atoms with E-state index in [1.54, 1.807) is 32.0 Å². The molecule has 0 aromatic heterocycles. The van der Waals surface area contributed by atoms with Crippen molar-refractivity contribution >= 4 is 17.8 Å². The van der Waals surface area contributed by atoms with Gasteiger partial charge >= 0.3 is 5.97 Å². The minimum absolute atomic E-state index is 0.218. The molecule has 4 atom stereocenters. The summed E-state index contributed by atoms with van der Waals surface area (Å²) in [5, 5.41) is 3.09. The topological polar surface area (TPSA) is 75.7 Å². The molecule has 0 bridgehead atoms. The molecule has 2 aliphatic heterocycles. The Morgan fingerprint density at radius 3 is 2.52 bits per heavy atom. The summed E-state index contributed by atoms with van der Waals surface area (Å²) in [5.74, 6) is -3.60. The second kappa shape index (κ2) is 6.22. The summed E-state index contributed by atoms with van der Waals surface area (Å²) in [6, 6.07) is 5.32. The van der Waals surface area contributed by atoms with Crippen molar-refractivity contribution in [2.75, 3.05) is 13.7 Å². The van der Waals surface area contributed by atoms with E-state index in [2.05, 4.69) is 5.32 Å². The van der Waals surface area contributed by atoms with Gasteiger partial charge in [0.1, 0.15) is 11.4 Å². The first-order valence-electron chi connectivity index (χ1n) is 8.38. The van der Waals surface area contributed by atoms with Crippen molar-refractivity contribution < 1.29 is 23.5 Å². The number of nitrogens with zero attached hydrogens (tertiary/aromatic N) is 1. The first kappa shape index (κ1) is 17.5. The Labute approximate surface area is 145 Å². The maximum atomic E-state index is 14.4. The number of amides is 2. The Kier molecular flexibility index (Phi) is 4.36. The van der Waals surface area contributed by atoms with E-state index in [4.69, 9.17) is 4.74 Å². The van der Waals surface area contributed by atoms with Crippen LogP contribution in [0.5, 0.6) is 0 Å². The zero-order valence-electron chi connectivity index (χ0n) is 14.4. The Morgan fingerprint density at radius 2 is 1.96 bits per heavy atom. The SMILES string of the molecule is CCN1C(=O)[C@@H]2[C@H](c3ccccc3F)N[C@@](CC)(C(=O)OC)[C@H]2C1=O.